The van der Waals surface area contributed by atoms with Crippen LogP contribution in [0.1, 0.15) is 50.2 Å². The highest BCUT2D eigenvalue weighted by Crippen LogP contribution is 2.24. The van der Waals surface area contributed by atoms with Crippen molar-refractivity contribution < 1.29 is 9.59 Å². The molecule has 0 spiro atoms. The third kappa shape index (κ3) is 6.86. The predicted octanol–water partition coefficient (Wildman–Crippen LogP) is 6.06. The standard InChI is InChI=1S/C24H27Cl3N2O2/c1-16(24(31)28-21-5-3-2-4-6-21)29(15-18-9-12-20(26)14-22(18)27)23(30)13-17-7-10-19(25)11-8-17/h7-12,14,16,21H,2-6,13,15H2,1H3,(H,28,31). The minimum absolute atomic E-state index is 0.138. The van der Waals surface area contributed by atoms with Crippen LogP contribution in [0.3, 0.4) is 0 Å². The number of carbonyl (C=O) groups excluding carboxylic acids is 2. The topological polar surface area (TPSA) is 49.4 Å². The van der Waals surface area contributed by atoms with E-state index in [1.54, 1.807) is 42.2 Å². The zero-order chi connectivity index (χ0) is 22.4. The molecule has 2 aromatic carbocycles. The van der Waals surface area contributed by atoms with E-state index in [2.05, 4.69) is 5.32 Å². The number of nitrogens with zero attached hydrogens (tertiary/aromatic N) is 1. The highest BCUT2D eigenvalue weighted by molar-refractivity contribution is 6.35. The van der Waals surface area contributed by atoms with Crippen molar-refractivity contribution in [2.45, 2.75) is 64.1 Å². The molecule has 1 N–H and O–H groups in total. The first-order valence-electron chi connectivity index (χ1n) is 10.6. The van der Waals surface area contributed by atoms with Crippen molar-refractivity contribution in [1.82, 2.24) is 10.2 Å². The van der Waals surface area contributed by atoms with Gasteiger partial charge in [-0.1, -0.05) is 72.3 Å². The van der Waals surface area contributed by atoms with E-state index in [1.807, 2.05) is 12.1 Å². The second kappa shape index (κ2) is 11.2. The highest BCUT2D eigenvalue weighted by Gasteiger charge is 2.28. The molecule has 31 heavy (non-hydrogen) atoms. The first kappa shape index (κ1) is 23.9. The molecule has 7 heteroatoms. The van der Waals surface area contributed by atoms with Crippen LogP contribution in [0.4, 0.5) is 0 Å². The number of halogens is 3. The number of benzene rings is 2. The maximum atomic E-state index is 13.3. The van der Waals surface area contributed by atoms with Gasteiger partial charge < -0.3 is 10.2 Å². The molecule has 2 amide bonds. The van der Waals surface area contributed by atoms with Gasteiger partial charge in [0.25, 0.3) is 0 Å². The van der Waals surface area contributed by atoms with Crippen molar-refractivity contribution >= 4 is 46.6 Å². The van der Waals surface area contributed by atoms with E-state index in [0.29, 0.717) is 15.1 Å². The van der Waals surface area contributed by atoms with Crippen molar-refractivity contribution in [3.8, 4) is 0 Å². The summed E-state index contributed by atoms with van der Waals surface area (Å²) in [6.45, 7) is 1.99. The Balaban J connectivity index is 1.78. The van der Waals surface area contributed by atoms with Gasteiger partial charge in [0.2, 0.25) is 11.8 Å². The minimum Gasteiger partial charge on any atom is -0.352 e. The van der Waals surface area contributed by atoms with Gasteiger partial charge in [0.15, 0.2) is 0 Å². The van der Waals surface area contributed by atoms with E-state index in [9.17, 15) is 9.59 Å². The van der Waals surface area contributed by atoms with Crippen molar-refractivity contribution in [1.29, 1.82) is 0 Å². The normalized spacial score (nSPS) is 15.4. The number of nitrogens with one attached hydrogen (secondary N) is 1. The molecule has 0 aliphatic heterocycles. The van der Waals surface area contributed by atoms with Crippen molar-refractivity contribution in [3.63, 3.8) is 0 Å². The summed E-state index contributed by atoms with van der Waals surface area (Å²) in [6.07, 6.45) is 5.60. The monoisotopic (exact) mass is 480 g/mol. The Morgan fingerprint density at radius 2 is 1.65 bits per heavy atom. The predicted molar refractivity (Wildman–Crippen MR) is 127 cm³/mol. The number of hydrogen-bond donors (Lipinski definition) is 1. The maximum absolute atomic E-state index is 13.3. The van der Waals surface area contributed by atoms with Gasteiger partial charge in [-0.25, -0.2) is 0 Å². The smallest absolute Gasteiger partial charge is 0.242 e. The van der Waals surface area contributed by atoms with Crippen molar-refractivity contribution in [3.05, 3.63) is 68.7 Å². The molecule has 1 aliphatic rings. The van der Waals surface area contributed by atoms with Crippen LogP contribution in [0.15, 0.2) is 42.5 Å². The van der Waals surface area contributed by atoms with E-state index in [1.165, 1.54) is 6.42 Å². The van der Waals surface area contributed by atoms with Crippen LogP contribution in [0.5, 0.6) is 0 Å². The maximum Gasteiger partial charge on any atom is 0.242 e. The summed E-state index contributed by atoms with van der Waals surface area (Å²) < 4.78 is 0. The van der Waals surface area contributed by atoms with Crippen LogP contribution in [0, 0.1) is 0 Å². The van der Waals surface area contributed by atoms with Crippen LogP contribution in [-0.2, 0) is 22.6 Å². The molecular weight excluding hydrogens is 455 g/mol. The lowest BCUT2D eigenvalue weighted by Gasteiger charge is -2.31. The zero-order valence-corrected chi connectivity index (χ0v) is 19.8. The summed E-state index contributed by atoms with van der Waals surface area (Å²) in [5, 5.41) is 4.74. The summed E-state index contributed by atoms with van der Waals surface area (Å²) in [6, 6.07) is 11.9. The Morgan fingerprint density at radius 3 is 2.29 bits per heavy atom. The van der Waals surface area contributed by atoms with Gasteiger partial charge in [-0.3, -0.25) is 9.59 Å². The zero-order valence-electron chi connectivity index (χ0n) is 17.5. The summed E-state index contributed by atoms with van der Waals surface area (Å²) in [5.74, 6) is -0.291. The lowest BCUT2D eigenvalue weighted by molar-refractivity contribution is -0.140. The molecule has 0 saturated heterocycles. The molecular formula is C24H27Cl3N2O2. The number of amides is 2. The largest absolute Gasteiger partial charge is 0.352 e. The lowest BCUT2D eigenvalue weighted by Crippen LogP contribution is -2.50. The molecule has 166 valence electrons. The molecule has 0 bridgehead atoms. The third-order valence-corrected chi connectivity index (χ3v) is 6.58. The van der Waals surface area contributed by atoms with Gasteiger partial charge >= 0.3 is 0 Å². The molecule has 0 radical (unpaired) electrons. The van der Waals surface area contributed by atoms with E-state index in [4.69, 9.17) is 34.8 Å². The molecule has 1 aliphatic carbocycles. The molecule has 1 fully saturated rings. The summed E-state index contributed by atoms with van der Waals surface area (Å²) >= 11 is 18.3. The van der Waals surface area contributed by atoms with E-state index in [-0.39, 0.29) is 30.8 Å². The molecule has 1 atom stereocenters. The van der Waals surface area contributed by atoms with Crippen LogP contribution in [0.25, 0.3) is 0 Å². The molecule has 1 saturated carbocycles. The molecule has 4 nitrogen and oxygen atoms in total. The Morgan fingerprint density at radius 1 is 1.00 bits per heavy atom. The summed E-state index contributed by atoms with van der Waals surface area (Å²) in [7, 11) is 0. The van der Waals surface area contributed by atoms with Gasteiger partial charge in [-0.15, -0.1) is 0 Å². The van der Waals surface area contributed by atoms with Crippen molar-refractivity contribution in [2.75, 3.05) is 0 Å². The SMILES string of the molecule is CC(C(=O)NC1CCCCC1)N(Cc1ccc(Cl)cc1Cl)C(=O)Cc1ccc(Cl)cc1. The van der Waals surface area contributed by atoms with Crippen LogP contribution in [0.2, 0.25) is 15.1 Å². The molecule has 1 unspecified atom stereocenters. The number of rotatable bonds is 7. The van der Waals surface area contributed by atoms with Gasteiger partial charge in [-0.2, -0.15) is 0 Å². The van der Waals surface area contributed by atoms with Crippen molar-refractivity contribution in [2.24, 2.45) is 0 Å². The second-order valence-electron chi connectivity index (χ2n) is 8.08. The summed E-state index contributed by atoms with van der Waals surface area (Å²) in [5.41, 5.74) is 1.58. The molecule has 2 aromatic rings. The molecule has 0 heterocycles. The fourth-order valence-electron chi connectivity index (χ4n) is 3.86. The van der Waals surface area contributed by atoms with Crippen LogP contribution < -0.4 is 5.32 Å². The minimum atomic E-state index is -0.631. The lowest BCUT2D eigenvalue weighted by atomic mass is 9.95. The fourth-order valence-corrected chi connectivity index (χ4v) is 4.46. The Kier molecular flexibility index (Phi) is 8.65. The quantitative estimate of drug-likeness (QED) is 0.523. The average Bonchev–Trinajstić information content (AvgIpc) is 2.75. The van der Waals surface area contributed by atoms with Gasteiger partial charge in [0.05, 0.1) is 6.42 Å². The number of carbonyl (C=O) groups is 2. The average molecular weight is 482 g/mol. The fraction of sp³-hybridized carbons (Fsp3) is 0.417. The van der Waals surface area contributed by atoms with E-state index < -0.39 is 6.04 Å². The molecule has 3 rings (SSSR count). The third-order valence-electron chi connectivity index (χ3n) is 5.74. The highest BCUT2D eigenvalue weighted by atomic mass is 35.5. The summed E-state index contributed by atoms with van der Waals surface area (Å²) in [4.78, 5) is 27.9. The van der Waals surface area contributed by atoms with E-state index in [0.717, 1.165) is 36.8 Å². The Labute approximate surface area is 198 Å². The van der Waals surface area contributed by atoms with Gasteiger partial charge in [0.1, 0.15) is 6.04 Å². The van der Waals surface area contributed by atoms with Crippen LogP contribution in [-0.4, -0.2) is 28.8 Å². The molecule has 0 aromatic heterocycles. The second-order valence-corrected chi connectivity index (χ2v) is 9.36. The Bertz CT molecular complexity index is 912. The Hall–Kier alpha value is -1.75. The van der Waals surface area contributed by atoms with E-state index >= 15 is 0 Å². The first-order valence-corrected chi connectivity index (χ1v) is 11.7. The van der Waals surface area contributed by atoms with Gasteiger partial charge in [-0.05, 0) is 55.2 Å². The van der Waals surface area contributed by atoms with Gasteiger partial charge in [0, 0.05) is 27.7 Å². The first-order chi connectivity index (χ1) is 14.8. The number of hydrogen-bond acceptors (Lipinski definition) is 2. The van der Waals surface area contributed by atoms with Crippen LogP contribution >= 0.6 is 34.8 Å².